The smallest absolute Gasteiger partial charge is 0.203 e. The van der Waals surface area contributed by atoms with E-state index in [9.17, 15) is 0 Å². The monoisotopic (exact) mass is 578 g/mol. The van der Waals surface area contributed by atoms with Gasteiger partial charge >= 0.3 is 0 Å². The lowest BCUT2D eigenvalue weighted by Crippen LogP contribution is -2.46. The minimum absolute atomic E-state index is 0.674. The maximum Gasteiger partial charge on any atom is 0.203 e. The quantitative estimate of drug-likeness (QED) is 0.165. The SMILES string of the molecule is COc1ccc(CN2CCN(CCC(C)CCc3ccc(CCCCc4ccc(C)cc4)s3)CC2)c(OC)c1OC. The van der Waals surface area contributed by atoms with Crippen LogP contribution in [0.2, 0.25) is 0 Å². The van der Waals surface area contributed by atoms with Crippen molar-refractivity contribution in [2.75, 3.05) is 54.1 Å². The fraction of sp³-hybridized carbons (Fsp3) is 0.543. The van der Waals surface area contributed by atoms with Crippen molar-refractivity contribution >= 4 is 11.3 Å². The Morgan fingerprint density at radius 1 is 0.707 bits per heavy atom. The maximum absolute atomic E-state index is 5.69. The summed E-state index contributed by atoms with van der Waals surface area (Å²) in [6, 6.07) is 17.8. The standard InChI is InChI=1S/C35H50N2O3S/c1-27-10-13-29(14-11-27)8-6-7-9-31-17-18-32(41-31)16-12-28(2)20-21-36-22-24-37(25-23-36)26-30-15-19-33(38-3)35(40-5)34(30)39-4/h10-11,13-15,17-19,28H,6-9,12,16,20-26H2,1-5H3. The predicted octanol–water partition coefficient (Wildman–Crippen LogP) is 7.42. The minimum atomic E-state index is 0.674. The number of rotatable bonds is 16. The van der Waals surface area contributed by atoms with Gasteiger partial charge in [0, 0.05) is 48.0 Å². The van der Waals surface area contributed by atoms with Crippen LogP contribution in [0.4, 0.5) is 0 Å². The molecule has 1 aromatic heterocycles. The summed E-state index contributed by atoms with van der Waals surface area (Å²) in [7, 11) is 5.02. The Kier molecular flexibility index (Phi) is 12.4. The molecular formula is C35H50N2O3S. The molecule has 0 radical (unpaired) electrons. The maximum atomic E-state index is 5.69. The van der Waals surface area contributed by atoms with Crippen molar-refractivity contribution in [3.05, 3.63) is 75.0 Å². The number of unbranched alkanes of at least 4 members (excludes halogenated alkanes) is 1. The highest BCUT2D eigenvalue weighted by Gasteiger charge is 2.21. The van der Waals surface area contributed by atoms with Crippen molar-refractivity contribution in [1.29, 1.82) is 0 Å². The number of hydrogen-bond acceptors (Lipinski definition) is 6. The van der Waals surface area contributed by atoms with Crippen LogP contribution in [0.1, 0.15) is 59.1 Å². The van der Waals surface area contributed by atoms with Gasteiger partial charge in [-0.15, -0.1) is 11.3 Å². The Balaban J connectivity index is 1.11. The van der Waals surface area contributed by atoms with E-state index in [0.717, 1.165) is 50.0 Å². The number of benzene rings is 2. The first-order valence-electron chi connectivity index (χ1n) is 15.3. The van der Waals surface area contributed by atoms with Gasteiger partial charge in [0.25, 0.3) is 0 Å². The van der Waals surface area contributed by atoms with Gasteiger partial charge in [-0.2, -0.15) is 0 Å². The van der Waals surface area contributed by atoms with Crippen molar-refractivity contribution in [2.24, 2.45) is 5.92 Å². The highest BCUT2D eigenvalue weighted by atomic mass is 32.1. The molecule has 1 aliphatic heterocycles. The fourth-order valence-corrected chi connectivity index (χ4v) is 6.78. The Labute approximate surface area is 252 Å². The van der Waals surface area contributed by atoms with Gasteiger partial charge in [0.15, 0.2) is 11.5 Å². The van der Waals surface area contributed by atoms with Crippen molar-refractivity contribution in [1.82, 2.24) is 9.80 Å². The van der Waals surface area contributed by atoms with Crippen LogP contribution in [0.15, 0.2) is 48.5 Å². The highest BCUT2D eigenvalue weighted by molar-refractivity contribution is 7.11. The summed E-state index contributed by atoms with van der Waals surface area (Å²) in [4.78, 5) is 8.27. The normalized spacial score (nSPS) is 15.1. The molecule has 1 unspecified atom stereocenters. The molecule has 1 aliphatic rings. The van der Waals surface area contributed by atoms with E-state index in [4.69, 9.17) is 14.2 Å². The molecule has 41 heavy (non-hydrogen) atoms. The second kappa shape index (κ2) is 16.2. The third-order valence-corrected chi connectivity index (χ3v) is 9.65. The topological polar surface area (TPSA) is 34.2 Å². The molecule has 0 aliphatic carbocycles. The molecule has 0 spiro atoms. The van der Waals surface area contributed by atoms with Gasteiger partial charge in [-0.1, -0.05) is 42.8 Å². The summed E-state index contributed by atoms with van der Waals surface area (Å²) in [5.74, 6) is 2.91. The lowest BCUT2D eigenvalue weighted by molar-refractivity contribution is 0.121. The second-order valence-corrected chi connectivity index (χ2v) is 12.9. The van der Waals surface area contributed by atoms with Crippen LogP contribution >= 0.6 is 11.3 Å². The zero-order chi connectivity index (χ0) is 29.0. The molecule has 1 atom stereocenters. The van der Waals surface area contributed by atoms with Gasteiger partial charge < -0.3 is 19.1 Å². The average molecular weight is 579 g/mol. The first kappa shape index (κ1) is 31.4. The number of aryl methyl sites for hydroxylation is 4. The molecule has 2 aromatic carbocycles. The summed E-state index contributed by atoms with van der Waals surface area (Å²) in [6.07, 6.45) is 8.74. The first-order chi connectivity index (χ1) is 20.0. The van der Waals surface area contributed by atoms with Crippen LogP contribution in [0.3, 0.4) is 0 Å². The van der Waals surface area contributed by atoms with Crippen molar-refractivity contribution in [2.45, 2.75) is 65.3 Å². The molecule has 2 heterocycles. The van der Waals surface area contributed by atoms with Gasteiger partial charge in [-0.25, -0.2) is 0 Å². The predicted molar refractivity (Wildman–Crippen MR) is 172 cm³/mol. The molecule has 1 saturated heterocycles. The molecule has 4 rings (SSSR count). The Morgan fingerprint density at radius 2 is 1.37 bits per heavy atom. The molecule has 3 aromatic rings. The van der Waals surface area contributed by atoms with E-state index in [0.29, 0.717) is 11.5 Å². The largest absolute Gasteiger partial charge is 0.493 e. The van der Waals surface area contributed by atoms with Crippen molar-refractivity contribution in [3.63, 3.8) is 0 Å². The van der Waals surface area contributed by atoms with Gasteiger partial charge in [0.1, 0.15) is 0 Å². The number of hydrogen-bond donors (Lipinski definition) is 0. The molecule has 0 bridgehead atoms. The van der Waals surface area contributed by atoms with E-state index in [1.807, 2.05) is 17.4 Å². The summed E-state index contributed by atoms with van der Waals surface area (Å²) in [6.45, 7) is 11.1. The minimum Gasteiger partial charge on any atom is -0.493 e. The molecule has 0 amide bonds. The Hall–Kier alpha value is -2.54. The van der Waals surface area contributed by atoms with Crippen LogP contribution < -0.4 is 14.2 Å². The van der Waals surface area contributed by atoms with E-state index < -0.39 is 0 Å². The summed E-state index contributed by atoms with van der Waals surface area (Å²) in [5, 5.41) is 0. The van der Waals surface area contributed by atoms with Crippen molar-refractivity contribution in [3.8, 4) is 17.2 Å². The third-order valence-electron chi connectivity index (χ3n) is 8.44. The number of piperazine rings is 1. The first-order valence-corrected chi connectivity index (χ1v) is 16.2. The molecule has 224 valence electrons. The zero-order valence-corrected chi connectivity index (χ0v) is 26.7. The summed E-state index contributed by atoms with van der Waals surface area (Å²) in [5.41, 5.74) is 3.96. The molecule has 5 nitrogen and oxygen atoms in total. The zero-order valence-electron chi connectivity index (χ0n) is 25.9. The van der Waals surface area contributed by atoms with Crippen LogP contribution in [0, 0.1) is 12.8 Å². The Morgan fingerprint density at radius 3 is 2.05 bits per heavy atom. The highest BCUT2D eigenvalue weighted by Crippen LogP contribution is 2.40. The molecule has 6 heteroatoms. The van der Waals surface area contributed by atoms with Crippen LogP contribution in [-0.4, -0.2) is 63.9 Å². The Bertz CT molecular complexity index is 1180. The van der Waals surface area contributed by atoms with E-state index in [-0.39, 0.29) is 0 Å². The van der Waals surface area contributed by atoms with Gasteiger partial charge in [0.05, 0.1) is 21.3 Å². The van der Waals surface area contributed by atoms with E-state index in [1.165, 1.54) is 62.6 Å². The number of nitrogens with zero attached hydrogens (tertiary/aromatic N) is 2. The van der Waals surface area contributed by atoms with E-state index in [1.54, 1.807) is 31.1 Å². The fourth-order valence-electron chi connectivity index (χ4n) is 5.71. The molecule has 0 saturated carbocycles. The summed E-state index contributed by atoms with van der Waals surface area (Å²) < 4.78 is 16.7. The lowest BCUT2D eigenvalue weighted by Gasteiger charge is -2.35. The van der Waals surface area contributed by atoms with Crippen molar-refractivity contribution < 1.29 is 14.2 Å². The average Bonchev–Trinajstić information content (AvgIpc) is 3.46. The van der Waals surface area contributed by atoms with Crippen LogP contribution in [0.25, 0.3) is 0 Å². The van der Waals surface area contributed by atoms with Crippen LogP contribution in [0.5, 0.6) is 17.2 Å². The number of thiophene rings is 1. The number of methoxy groups -OCH3 is 3. The van der Waals surface area contributed by atoms with E-state index >= 15 is 0 Å². The molecule has 0 N–H and O–H groups in total. The van der Waals surface area contributed by atoms with Gasteiger partial charge in [0.2, 0.25) is 5.75 Å². The lowest BCUT2D eigenvalue weighted by atomic mass is 10.0. The third kappa shape index (κ3) is 9.49. The molecular weight excluding hydrogens is 528 g/mol. The van der Waals surface area contributed by atoms with E-state index in [2.05, 4.69) is 66.1 Å². The van der Waals surface area contributed by atoms with Gasteiger partial charge in [-0.3, -0.25) is 4.90 Å². The number of ether oxygens (including phenoxy) is 3. The van der Waals surface area contributed by atoms with Gasteiger partial charge in [-0.05, 0) is 88.1 Å². The second-order valence-electron chi connectivity index (χ2n) is 11.6. The van der Waals surface area contributed by atoms with Crippen LogP contribution in [-0.2, 0) is 25.8 Å². The summed E-state index contributed by atoms with van der Waals surface area (Å²) >= 11 is 2.04. The molecule has 1 fully saturated rings.